The summed E-state index contributed by atoms with van der Waals surface area (Å²) >= 11 is 6.27. The van der Waals surface area contributed by atoms with Gasteiger partial charge in [-0.05, 0) is 23.3 Å². The van der Waals surface area contributed by atoms with E-state index in [2.05, 4.69) is 58.3 Å². The minimum Gasteiger partial charge on any atom is -0.290 e. The molecule has 3 aromatic carbocycles. The topological polar surface area (TPSA) is 43.9 Å². The summed E-state index contributed by atoms with van der Waals surface area (Å²) in [6, 6.07) is 27.8. The first-order valence-electron chi connectivity index (χ1n) is 11.3. The molecule has 1 atom stereocenters. The van der Waals surface area contributed by atoms with Gasteiger partial charge in [-0.1, -0.05) is 84.4 Å². The maximum Gasteiger partial charge on any atom is 0.251 e. The zero-order valence-corrected chi connectivity index (χ0v) is 19.1. The number of rotatable bonds is 5. The molecular weight excluding hydrogens is 434 g/mol. The predicted octanol–water partition coefficient (Wildman–Crippen LogP) is 4.38. The summed E-state index contributed by atoms with van der Waals surface area (Å²) in [6.45, 7) is 3.10. The lowest BCUT2D eigenvalue weighted by Crippen LogP contribution is -2.53. The molecule has 2 saturated heterocycles. The number of benzene rings is 3. The number of amides is 2. The van der Waals surface area contributed by atoms with Gasteiger partial charge >= 0.3 is 0 Å². The summed E-state index contributed by atoms with van der Waals surface area (Å²) in [5, 5.41) is 0.415. The first-order chi connectivity index (χ1) is 16.1. The van der Waals surface area contributed by atoms with Crippen LogP contribution in [0.4, 0.5) is 5.69 Å². The molecule has 1 unspecified atom stereocenters. The van der Waals surface area contributed by atoms with Gasteiger partial charge in [0.05, 0.1) is 29.2 Å². The first-order valence-corrected chi connectivity index (χ1v) is 11.7. The Bertz CT molecular complexity index is 1090. The summed E-state index contributed by atoms with van der Waals surface area (Å²) in [5.41, 5.74) is 2.99. The molecule has 2 heterocycles. The van der Waals surface area contributed by atoms with Crippen LogP contribution in [0.2, 0.25) is 5.02 Å². The highest BCUT2D eigenvalue weighted by Gasteiger charge is 2.44. The number of nitrogens with zero attached hydrogens (tertiary/aromatic N) is 3. The van der Waals surface area contributed by atoms with Gasteiger partial charge in [-0.2, -0.15) is 0 Å². The number of hydrogen-bond acceptors (Lipinski definition) is 4. The van der Waals surface area contributed by atoms with E-state index in [4.69, 9.17) is 11.6 Å². The number of para-hydroxylation sites is 1. The van der Waals surface area contributed by atoms with Crippen molar-refractivity contribution < 1.29 is 9.59 Å². The van der Waals surface area contributed by atoms with Gasteiger partial charge in [-0.3, -0.25) is 19.4 Å². The van der Waals surface area contributed by atoms with Crippen molar-refractivity contribution in [1.29, 1.82) is 0 Å². The minimum atomic E-state index is -0.428. The van der Waals surface area contributed by atoms with Crippen LogP contribution in [-0.2, 0) is 9.59 Å². The molecule has 168 valence electrons. The Kier molecular flexibility index (Phi) is 6.27. The maximum absolute atomic E-state index is 13.2. The molecule has 2 aliphatic rings. The Labute approximate surface area is 199 Å². The molecule has 0 radical (unpaired) electrons. The Balaban J connectivity index is 1.32. The van der Waals surface area contributed by atoms with Gasteiger partial charge in [-0.15, -0.1) is 0 Å². The van der Waals surface area contributed by atoms with Crippen LogP contribution in [0.15, 0.2) is 84.9 Å². The van der Waals surface area contributed by atoms with Crippen LogP contribution in [0.5, 0.6) is 0 Å². The lowest BCUT2D eigenvalue weighted by molar-refractivity contribution is -0.123. The monoisotopic (exact) mass is 459 g/mol. The summed E-state index contributed by atoms with van der Waals surface area (Å²) in [6.07, 6.45) is 0.199. The second-order valence-corrected chi connectivity index (χ2v) is 8.94. The van der Waals surface area contributed by atoms with E-state index >= 15 is 0 Å². The highest BCUT2D eigenvalue weighted by Crippen LogP contribution is 2.33. The van der Waals surface area contributed by atoms with Crippen molar-refractivity contribution in [2.45, 2.75) is 18.5 Å². The smallest absolute Gasteiger partial charge is 0.251 e. The molecule has 0 N–H and O–H groups in total. The second-order valence-electron chi connectivity index (χ2n) is 8.53. The molecule has 3 aromatic rings. The van der Waals surface area contributed by atoms with Crippen LogP contribution in [0, 0.1) is 0 Å². The highest BCUT2D eigenvalue weighted by molar-refractivity contribution is 6.36. The van der Waals surface area contributed by atoms with Crippen molar-refractivity contribution in [2.24, 2.45) is 0 Å². The van der Waals surface area contributed by atoms with Crippen LogP contribution < -0.4 is 4.90 Å². The van der Waals surface area contributed by atoms with Gasteiger partial charge in [0, 0.05) is 26.2 Å². The Morgan fingerprint density at radius 2 is 1.27 bits per heavy atom. The number of carbonyl (C=O) groups excluding carboxylic acids is 2. The normalized spacial score (nSPS) is 20.1. The molecule has 2 aliphatic heterocycles. The first kappa shape index (κ1) is 21.8. The lowest BCUT2D eigenvalue weighted by Gasteiger charge is -2.41. The summed E-state index contributed by atoms with van der Waals surface area (Å²) < 4.78 is 0. The number of piperazine rings is 1. The van der Waals surface area contributed by atoms with Crippen LogP contribution >= 0.6 is 11.6 Å². The third-order valence-corrected chi connectivity index (χ3v) is 6.92. The van der Waals surface area contributed by atoms with Crippen molar-refractivity contribution in [3.05, 3.63) is 101 Å². The van der Waals surface area contributed by atoms with Crippen molar-refractivity contribution in [2.75, 3.05) is 31.1 Å². The zero-order chi connectivity index (χ0) is 22.8. The van der Waals surface area contributed by atoms with E-state index in [0.717, 1.165) is 26.2 Å². The number of imide groups is 1. The summed E-state index contributed by atoms with van der Waals surface area (Å²) in [5.74, 6) is -0.365. The molecule has 0 bridgehead atoms. The Hall–Kier alpha value is -2.99. The fourth-order valence-corrected chi connectivity index (χ4v) is 5.20. The van der Waals surface area contributed by atoms with Crippen LogP contribution in [0.1, 0.15) is 23.6 Å². The van der Waals surface area contributed by atoms with Crippen molar-refractivity contribution in [3.63, 3.8) is 0 Å². The number of hydrogen-bond donors (Lipinski definition) is 0. The van der Waals surface area contributed by atoms with Crippen molar-refractivity contribution in [1.82, 2.24) is 9.80 Å². The molecule has 0 aliphatic carbocycles. The van der Waals surface area contributed by atoms with Crippen LogP contribution in [-0.4, -0.2) is 53.8 Å². The average Bonchev–Trinajstić information content (AvgIpc) is 3.15. The number of carbonyl (C=O) groups is 2. The van der Waals surface area contributed by atoms with E-state index in [9.17, 15) is 9.59 Å². The third-order valence-electron chi connectivity index (χ3n) is 6.60. The molecule has 5 nitrogen and oxygen atoms in total. The van der Waals surface area contributed by atoms with Gasteiger partial charge in [0.25, 0.3) is 5.91 Å². The average molecular weight is 460 g/mol. The molecule has 2 amide bonds. The third kappa shape index (κ3) is 4.32. The Morgan fingerprint density at radius 3 is 1.85 bits per heavy atom. The van der Waals surface area contributed by atoms with Gasteiger partial charge in [0.15, 0.2) is 0 Å². The van der Waals surface area contributed by atoms with Gasteiger partial charge in [0.1, 0.15) is 0 Å². The fourth-order valence-electron chi connectivity index (χ4n) is 4.98. The van der Waals surface area contributed by atoms with Gasteiger partial charge in [0.2, 0.25) is 5.91 Å². The highest BCUT2D eigenvalue weighted by atomic mass is 35.5. The largest absolute Gasteiger partial charge is 0.290 e. The van der Waals surface area contributed by atoms with Gasteiger partial charge < -0.3 is 0 Å². The maximum atomic E-state index is 13.2. The standard InChI is InChI=1S/C27H26ClN3O2/c28-22-13-7-8-14-23(22)31-25(32)19-24(27(31)33)29-15-17-30(18-16-29)26(20-9-3-1-4-10-20)21-11-5-2-6-12-21/h1-14,24,26H,15-19H2. The molecule has 0 aromatic heterocycles. The summed E-state index contributed by atoms with van der Waals surface area (Å²) in [7, 11) is 0. The number of anilines is 1. The van der Waals surface area contributed by atoms with Crippen LogP contribution in [0.3, 0.4) is 0 Å². The van der Waals surface area contributed by atoms with E-state index in [1.165, 1.54) is 16.0 Å². The quantitative estimate of drug-likeness (QED) is 0.531. The van der Waals surface area contributed by atoms with E-state index in [-0.39, 0.29) is 24.3 Å². The molecule has 0 spiro atoms. The van der Waals surface area contributed by atoms with Crippen molar-refractivity contribution in [3.8, 4) is 0 Å². The zero-order valence-electron chi connectivity index (χ0n) is 18.3. The molecule has 2 fully saturated rings. The van der Waals surface area contributed by atoms with E-state index < -0.39 is 6.04 Å². The molecule has 0 saturated carbocycles. The van der Waals surface area contributed by atoms with Gasteiger partial charge in [-0.25, -0.2) is 4.90 Å². The van der Waals surface area contributed by atoms with Crippen LogP contribution in [0.25, 0.3) is 0 Å². The molecule has 33 heavy (non-hydrogen) atoms. The summed E-state index contributed by atoms with van der Waals surface area (Å²) in [4.78, 5) is 31.8. The molecule has 5 rings (SSSR count). The Morgan fingerprint density at radius 1 is 0.727 bits per heavy atom. The fraction of sp³-hybridized carbons (Fsp3) is 0.259. The van der Waals surface area contributed by atoms with E-state index in [1.807, 2.05) is 12.1 Å². The van der Waals surface area contributed by atoms with E-state index in [1.54, 1.807) is 24.3 Å². The SMILES string of the molecule is O=C1CC(N2CCN(C(c3ccccc3)c3ccccc3)CC2)C(=O)N1c1ccccc1Cl. The molecular formula is C27H26ClN3O2. The number of halogens is 1. The minimum absolute atomic E-state index is 0.162. The lowest BCUT2D eigenvalue weighted by atomic mass is 9.96. The molecule has 6 heteroatoms. The second kappa shape index (κ2) is 9.48. The van der Waals surface area contributed by atoms with E-state index in [0.29, 0.717) is 10.7 Å². The predicted molar refractivity (Wildman–Crippen MR) is 130 cm³/mol. The van der Waals surface area contributed by atoms with Crippen molar-refractivity contribution >= 4 is 29.1 Å².